The van der Waals surface area contributed by atoms with Gasteiger partial charge in [0.25, 0.3) is 0 Å². The van der Waals surface area contributed by atoms with Crippen LogP contribution < -0.4 is 5.32 Å². The fourth-order valence-corrected chi connectivity index (χ4v) is 2.88. The molecule has 1 atom stereocenters. The highest BCUT2D eigenvalue weighted by atomic mass is 35.5. The lowest BCUT2D eigenvalue weighted by atomic mass is 9.99. The minimum atomic E-state index is 0.407. The number of hydrogen-bond donors (Lipinski definition) is 2. The molecule has 4 nitrogen and oxygen atoms in total. The molecule has 1 aliphatic heterocycles. The maximum Gasteiger partial charge on any atom is 0.181 e. The van der Waals surface area contributed by atoms with E-state index in [1.165, 1.54) is 6.42 Å². The van der Waals surface area contributed by atoms with Crippen LogP contribution in [0.25, 0.3) is 11.4 Å². The summed E-state index contributed by atoms with van der Waals surface area (Å²) in [5.41, 5.74) is 0.837. The van der Waals surface area contributed by atoms with Crippen molar-refractivity contribution in [3.63, 3.8) is 0 Å². The molecule has 19 heavy (non-hydrogen) atoms. The number of rotatable bonds is 2. The van der Waals surface area contributed by atoms with Crippen LogP contribution in [0.5, 0.6) is 0 Å². The van der Waals surface area contributed by atoms with E-state index in [-0.39, 0.29) is 0 Å². The third-order valence-electron chi connectivity index (χ3n) is 3.31. The van der Waals surface area contributed by atoms with E-state index >= 15 is 0 Å². The zero-order chi connectivity index (χ0) is 13.2. The number of halogens is 2. The third kappa shape index (κ3) is 2.91. The molecule has 1 saturated heterocycles. The Bertz CT molecular complexity index is 556. The van der Waals surface area contributed by atoms with Crippen LogP contribution in [-0.2, 0) is 0 Å². The summed E-state index contributed by atoms with van der Waals surface area (Å²) in [6.07, 6.45) is 2.31. The molecule has 1 fully saturated rings. The van der Waals surface area contributed by atoms with E-state index in [2.05, 4.69) is 20.5 Å². The molecule has 0 radical (unpaired) electrons. The smallest absolute Gasteiger partial charge is 0.181 e. The Kier molecular flexibility index (Phi) is 3.73. The van der Waals surface area contributed by atoms with Gasteiger partial charge < -0.3 is 5.32 Å². The van der Waals surface area contributed by atoms with Gasteiger partial charge >= 0.3 is 0 Å². The van der Waals surface area contributed by atoms with Gasteiger partial charge in [0.15, 0.2) is 5.82 Å². The summed E-state index contributed by atoms with van der Waals surface area (Å²) in [5.74, 6) is 1.98. The lowest BCUT2D eigenvalue weighted by molar-refractivity contribution is 0.447. The highest BCUT2D eigenvalue weighted by Gasteiger charge is 2.19. The van der Waals surface area contributed by atoms with Crippen LogP contribution in [0.1, 0.15) is 24.6 Å². The molecule has 6 heteroatoms. The van der Waals surface area contributed by atoms with Crippen molar-refractivity contribution in [2.24, 2.45) is 0 Å². The molecule has 2 heterocycles. The molecule has 2 N–H and O–H groups in total. The lowest BCUT2D eigenvalue weighted by Crippen LogP contribution is -2.28. The number of aromatic amines is 1. The van der Waals surface area contributed by atoms with Crippen molar-refractivity contribution in [3.8, 4) is 11.4 Å². The fourth-order valence-electron chi connectivity index (χ4n) is 2.35. The first kappa shape index (κ1) is 12.9. The molecule has 3 rings (SSSR count). The Labute approximate surface area is 121 Å². The van der Waals surface area contributed by atoms with Gasteiger partial charge in [-0.2, -0.15) is 5.10 Å². The maximum atomic E-state index is 6.00. The predicted octanol–water partition coefficient (Wildman–Crippen LogP) is 3.25. The van der Waals surface area contributed by atoms with E-state index in [0.717, 1.165) is 30.9 Å². The van der Waals surface area contributed by atoms with Gasteiger partial charge in [-0.1, -0.05) is 23.2 Å². The lowest BCUT2D eigenvalue weighted by Gasteiger charge is -2.20. The zero-order valence-electron chi connectivity index (χ0n) is 10.3. The number of benzene rings is 1. The average Bonchev–Trinajstić information content (AvgIpc) is 2.88. The van der Waals surface area contributed by atoms with Gasteiger partial charge in [0, 0.05) is 28.1 Å². The first-order valence-corrected chi connectivity index (χ1v) is 7.07. The van der Waals surface area contributed by atoms with Gasteiger partial charge in [0.2, 0.25) is 0 Å². The highest BCUT2D eigenvalue weighted by Crippen LogP contribution is 2.27. The molecule has 0 saturated carbocycles. The minimum absolute atomic E-state index is 0.407. The van der Waals surface area contributed by atoms with Gasteiger partial charge in [-0.15, -0.1) is 0 Å². The number of nitrogens with zero attached hydrogens (tertiary/aromatic N) is 2. The Morgan fingerprint density at radius 2 is 1.95 bits per heavy atom. The maximum absolute atomic E-state index is 6.00. The molecule has 0 aliphatic carbocycles. The molecule has 1 unspecified atom stereocenters. The summed E-state index contributed by atoms with van der Waals surface area (Å²) in [4.78, 5) is 4.56. The van der Waals surface area contributed by atoms with Crippen LogP contribution in [-0.4, -0.2) is 28.3 Å². The molecular formula is C13H14Cl2N4. The number of H-pyrrole nitrogens is 1. The molecule has 1 aliphatic rings. The Morgan fingerprint density at radius 3 is 2.63 bits per heavy atom. The predicted molar refractivity (Wildman–Crippen MR) is 76.7 cm³/mol. The number of aromatic nitrogens is 3. The molecule has 0 amide bonds. The van der Waals surface area contributed by atoms with Crippen molar-refractivity contribution in [1.82, 2.24) is 20.5 Å². The second-order valence-electron chi connectivity index (χ2n) is 4.75. The van der Waals surface area contributed by atoms with Crippen LogP contribution >= 0.6 is 23.2 Å². The van der Waals surface area contributed by atoms with E-state index < -0.39 is 0 Å². The monoisotopic (exact) mass is 296 g/mol. The van der Waals surface area contributed by atoms with Crippen molar-refractivity contribution in [2.75, 3.05) is 13.1 Å². The normalized spacial score (nSPS) is 19.6. The van der Waals surface area contributed by atoms with Crippen LogP contribution in [0, 0.1) is 0 Å². The van der Waals surface area contributed by atoms with Crippen molar-refractivity contribution < 1.29 is 0 Å². The van der Waals surface area contributed by atoms with Gasteiger partial charge in [0.1, 0.15) is 5.82 Å². The van der Waals surface area contributed by atoms with Crippen molar-refractivity contribution in [1.29, 1.82) is 0 Å². The number of nitrogens with one attached hydrogen (secondary N) is 2. The van der Waals surface area contributed by atoms with Crippen LogP contribution in [0.2, 0.25) is 10.0 Å². The second-order valence-corrected chi connectivity index (χ2v) is 5.62. The second kappa shape index (κ2) is 5.49. The summed E-state index contributed by atoms with van der Waals surface area (Å²) >= 11 is 12.0. The summed E-state index contributed by atoms with van der Waals surface area (Å²) in [6, 6.07) is 5.34. The van der Waals surface area contributed by atoms with E-state index in [0.29, 0.717) is 21.8 Å². The summed E-state index contributed by atoms with van der Waals surface area (Å²) in [7, 11) is 0. The minimum Gasteiger partial charge on any atom is -0.316 e. The van der Waals surface area contributed by atoms with E-state index in [1.807, 2.05) is 12.1 Å². The van der Waals surface area contributed by atoms with E-state index in [9.17, 15) is 0 Å². The Hall–Kier alpha value is -1.10. The van der Waals surface area contributed by atoms with Gasteiger partial charge in [-0.3, -0.25) is 5.10 Å². The molecular weight excluding hydrogens is 283 g/mol. The molecule has 0 bridgehead atoms. The average molecular weight is 297 g/mol. The Morgan fingerprint density at radius 1 is 1.16 bits per heavy atom. The quantitative estimate of drug-likeness (QED) is 0.894. The molecule has 2 aromatic rings. The summed E-state index contributed by atoms with van der Waals surface area (Å²) in [5, 5.41) is 11.8. The number of piperidine rings is 1. The first-order valence-electron chi connectivity index (χ1n) is 6.32. The summed E-state index contributed by atoms with van der Waals surface area (Å²) in [6.45, 7) is 2.03. The van der Waals surface area contributed by atoms with Gasteiger partial charge in [-0.05, 0) is 37.6 Å². The van der Waals surface area contributed by atoms with Crippen LogP contribution in [0.15, 0.2) is 18.2 Å². The van der Waals surface area contributed by atoms with Crippen molar-refractivity contribution in [2.45, 2.75) is 18.8 Å². The van der Waals surface area contributed by atoms with Crippen molar-refractivity contribution in [3.05, 3.63) is 34.1 Å². The number of hydrogen-bond acceptors (Lipinski definition) is 3. The Balaban J connectivity index is 1.87. The highest BCUT2D eigenvalue weighted by molar-refractivity contribution is 6.35. The van der Waals surface area contributed by atoms with Crippen LogP contribution in [0.3, 0.4) is 0 Å². The van der Waals surface area contributed by atoms with E-state index in [1.54, 1.807) is 6.07 Å². The van der Waals surface area contributed by atoms with Gasteiger partial charge in [0.05, 0.1) is 0 Å². The first-order chi connectivity index (χ1) is 9.22. The zero-order valence-corrected chi connectivity index (χ0v) is 11.8. The topological polar surface area (TPSA) is 53.6 Å². The van der Waals surface area contributed by atoms with E-state index in [4.69, 9.17) is 23.2 Å². The standard InChI is InChI=1S/C13H14Cl2N4/c14-10-4-9(5-11(15)6-10)13-17-12(18-19-13)8-2-1-3-16-7-8/h4-6,8,16H,1-3,7H2,(H,17,18,19). The molecule has 0 spiro atoms. The van der Waals surface area contributed by atoms with Crippen molar-refractivity contribution >= 4 is 23.2 Å². The SMILES string of the molecule is Clc1cc(Cl)cc(-c2n[nH]c(C3CCCNC3)n2)c1. The fraction of sp³-hybridized carbons (Fsp3) is 0.385. The van der Waals surface area contributed by atoms with Gasteiger partial charge in [-0.25, -0.2) is 4.98 Å². The third-order valence-corrected chi connectivity index (χ3v) is 3.74. The molecule has 1 aromatic carbocycles. The largest absolute Gasteiger partial charge is 0.316 e. The molecule has 100 valence electrons. The van der Waals surface area contributed by atoms with Crippen LogP contribution in [0.4, 0.5) is 0 Å². The molecule has 1 aromatic heterocycles. The summed E-state index contributed by atoms with van der Waals surface area (Å²) < 4.78 is 0.